The van der Waals surface area contributed by atoms with E-state index in [0.717, 1.165) is 61.6 Å². The monoisotopic (exact) mass is 576 g/mol. The molecule has 0 unspecified atom stereocenters. The van der Waals surface area contributed by atoms with Crippen LogP contribution in [0, 0.1) is 0 Å². The second-order valence-corrected chi connectivity index (χ2v) is 10.7. The number of para-hydroxylation sites is 2. The van der Waals surface area contributed by atoms with Gasteiger partial charge in [0.25, 0.3) is 0 Å². The summed E-state index contributed by atoms with van der Waals surface area (Å²) >= 11 is 0. The van der Waals surface area contributed by atoms with Gasteiger partial charge in [0.15, 0.2) is 0 Å². The van der Waals surface area contributed by atoms with Crippen LogP contribution in [0.3, 0.4) is 0 Å². The van der Waals surface area contributed by atoms with Gasteiger partial charge in [-0.25, -0.2) is 0 Å². The Hall–Kier alpha value is -5.16. The van der Waals surface area contributed by atoms with Crippen LogP contribution in [0.5, 0.6) is 0 Å². The summed E-state index contributed by atoms with van der Waals surface area (Å²) in [5.74, 6) is 0. The summed E-state index contributed by atoms with van der Waals surface area (Å²) in [6, 6.07) is 49.6. The standard InChI is InChI=1S/C40H36N2O2/c41-32-23-21-31(22-24-32)37-35(25-27-43)36(26-28-44)40(42(33-17-9-3-10-18-33)34-19-11-4-12-20-34)39(30-15-7-2-8-16-30)38(37)29-13-5-1-6-14-29/h1-24,43-44H,25-28,41H2. The summed E-state index contributed by atoms with van der Waals surface area (Å²) in [7, 11) is 0. The minimum Gasteiger partial charge on any atom is -0.399 e. The lowest BCUT2D eigenvalue weighted by Crippen LogP contribution is -2.18. The number of hydrogen-bond acceptors (Lipinski definition) is 4. The van der Waals surface area contributed by atoms with E-state index >= 15 is 0 Å². The first-order chi connectivity index (χ1) is 21.7. The SMILES string of the molecule is Nc1ccc(-c2c(CCO)c(CCO)c(N(c3ccccc3)c3ccccc3)c(-c3ccccc3)c2-c2ccccc2)cc1. The van der Waals surface area contributed by atoms with Crippen molar-refractivity contribution in [2.24, 2.45) is 0 Å². The molecule has 6 rings (SSSR count). The maximum absolute atomic E-state index is 10.6. The second-order valence-electron chi connectivity index (χ2n) is 10.7. The Balaban J connectivity index is 1.88. The summed E-state index contributed by atoms with van der Waals surface area (Å²) in [5, 5.41) is 21.2. The fourth-order valence-electron chi connectivity index (χ4n) is 6.16. The molecule has 0 heterocycles. The smallest absolute Gasteiger partial charge is 0.0582 e. The van der Waals surface area contributed by atoms with Crippen molar-refractivity contribution in [1.82, 2.24) is 0 Å². The zero-order valence-electron chi connectivity index (χ0n) is 24.6. The van der Waals surface area contributed by atoms with Crippen molar-refractivity contribution >= 4 is 22.7 Å². The number of aliphatic hydroxyl groups excluding tert-OH is 2. The van der Waals surface area contributed by atoms with Crippen molar-refractivity contribution in [3.63, 3.8) is 0 Å². The maximum atomic E-state index is 10.6. The van der Waals surface area contributed by atoms with Crippen LogP contribution in [-0.4, -0.2) is 23.4 Å². The van der Waals surface area contributed by atoms with Crippen molar-refractivity contribution in [1.29, 1.82) is 0 Å². The molecule has 44 heavy (non-hydrogen) atoms. The highest BCUT2D eigenvalue weighted by atomic mass is 16.3. The number of anilines is 4. The third kappa shape index (κ3) is 5.73. The van der Waals surface area contributed by atoms with Crippen LogP contribution in [0.4, 0.5) is 22.7 Å². The van der Waals surface area contributed by atoms with Gasteiger partial charge in [-0.05, 0) is 88.2 Å². The molecule has 6 aromatic carbocycles. The predicted octanol–water partition coefficient (Wildman–Crippen LogP) is 8.81. The van der Waals surface area contributed by atoms with Gasteiger partial charge in [-0.1, -0.05) is 109 Å². The number of hydrogen-bond donors (Lipinski definition) is 3. The summed E-state index contributed by atoms with van der Waals surface area (Å²) in [5.41, 5.74) is 18.2. The van der Waals surface area contributed by atoms with Crippen LogP contribution < -0.4 is 10.6 Å². The largest absolute Gasteiger partial charge is 0.399 e. The second kappa shape index (κ2) is 13.4. The molecule has 0 bridgehead atoms. The van der Waals surface area contributed by atoms with Gasteiger partial charge in [-0.15, -0.1) is 0 Å². The van der Waals surface area contributed by atoms with Crippen LogP contribution in [-0.2, 0) is 12.8 Å². The van der Waals surface area contributed by atoms with Gasteiger partial charge in [-0.2, -0.15) is 0 Å². The van der Waals surface area contributed by atoms with Crippen molar-refractivity contribution in [2.45, 2.75) is 12.8 Å². The molecule has 0 aliphatic carbocycles. The quantitative estimate of drug-likeness (QED) is 0.143. The molecule has 0 atom stereocenters. The molecule has 0 saturated carbocycles. The third-order valence-electron chi connectivity index (χ3n) is 7.99. The highest BCUT2D eigenvalue weighted by molar-refractivity contribution is 6.05. The van der Waals surface area contributed by atoms with E-state index in [1.165, 1.54) is 0 Å². The topological polar surface area (TPSA) is 69.7 Å². The van der Waals surface area contributed by atoms with Gasteiger partial charge in [-0.3, -0.25) is 0 Å². The Morgan fingerprint density at radius 1 is 0.432 bits per heavy atom. The molecule has 0 aliphatic rings. The fraction of sp³-hybridized carbons (Fsp3) is 0.100. The van der Waals surface area contributed by atoms with Gasteiger partial charge in [0.2, 0.25) is 0 Å². The minimum absolute atomic E-state index is 0.0323. The molecule has 0 amide bonds. The zero-order chi connectivity index (χ0) is 30.3. The first-order valence-corrected chi connectivity index (χ1v) is 15.0. The van der Waals surface area contributed by atoms with E-state index in [4.69, 9.17) is 5.73 Å². The molecule has 0 aromatic heterocycles. The van der Waals surface area contributed by atoms with E-state index in [9.17, 15) is 10.2 Å². The van der Waals surface area contributed by atoms with Gasteiger partial charge < -0.3 is 20.8 Å². The van der Waals surface area contributed by atoms with Gasteiger partial charge in [0, 0.05) is 35.8 Å². The molecule has 0 aliphatic heterocycles. The number of nitrogen functional groups attached to an aromatic ring is 1. The molecule has 0 spiro atoms. The first kappa shape index (κ1) is 28.9. The van der Waals surface area contributed by atoms with E-state index in [0.29, 0.717) is 18.5 Å². The molecular formula is C40H36N2O2. The molecular weight excluding hydrogens is 540 g/mol. The Labute approximate surface area is 259 Å². The van der Waals surface area contributed by atoms with Crippen LogP contribution >= 0.6 is 0 Å². The van der Waals surface area contributed by atoms with Crippen LogP contribution in [0.1, 0.15) is 11.1 Å². The molecule has 0 saturated heterocycles. The van der Waals surface area contributed by atoms with Crippen LogP contribution in [0.2, 0.25) is 0 Å². The van der Waals surface area contributed by atoms with E-state index < -0.39 is 0 Å². The lowest BCUT2D eigenvalue weighted by molar-refractivity contribution is 0.293. The predicted molar refractivity (Wildman–Crippen MR) is 183 cm³/mol. The summed E-state index contributed by atoms with van der Waals surface area (Å²) in [4.78, 5) is 2.30. The van der Waals surface area contributed by atoms with E-state index in [2.05, 4.69) is 114 Å². The summed E-state index contributed by atoms with van der Waals surface area (Å²) < 4.78 is 0. The van der Waals surface area contributed by atoms with Crippen molar-refractivity contribution in [3.05, 3.63) is 157 Å². The third-order valence-corrected chi connectivity index (χ3v) is 7.99. The average Bonchev–Trinajstić information content (AvgIpc) is 3.08. The van der Waals surface area contributed by atoms with E-state index in [-0.39, 0.29) is 13.2 Å². The van der Waals surface area contributed by atoms with Crippen LogP contribution in [0.25, 0.3) is 33.4 Å². The first-order valence-electron chi connectivity index (χ1n) is 15.0. The number of nitrogens with zero attached hydrogens (tertiary/aromatic N) is 1. The lowest BCUT2D eigenvalue weighted by Gasteiger charge is -2.34. The van der Waals surface area contributed by atoms with Gasteiger partial charge in [0.05, 0.1) is 5.69 Å². The zero-order valence-corrected chi connectivity index (χ0v) is 24.6. The molecule has 218 valence electrons. The lowest BCUT2D eigenvalue weighted by atomic mass is 9.79. The van der Waals surface area contributed by atoms with E-state index in [1.54, 1.807) is 0 Å². The number of aliphatic hydroxyl groups is 2. The molecule has 4 N–H and O–H groups in total. The van der Waals surface area contributed by atoms with Crippen molar-refractivity contribution in [3.8, 4) is 33.4 Å². The number of nitrogens with two attached hydrogens (primary N) is 1. The van der Waals surface area contributed by atoms with Gasteiger partial charge >= 0.3 is 0 Å². The maximum Gasteiger partial charge on any atom is 0.0582 e. The normalized spacial score (nSPS) is 11.0. The molecule has 0 fully saturated rings. The van der Waals surface area contributed by atoms with Crippen LogP contribution in [0.15, 0.2) is 146 Å². The number of benzene rings is 6. The Bertz CT molecular complexity index is 1770. The molecule has 0 radical (unpaired) electrons. The molecule has 6 aromatic rings. The number of rotatable bonds is 10. The fourth-order valence-corrected chi connectivity index (χ4v) is 6.16. The minimum atomic E-state index is -0.0388. The summed E-state index contributed by atoms with van der Waals surface area (Å²) in [6.07, 6.45) is 0.839. The Kier molecular flexibility index (Phi) is 8.83. The van der Waals surface area contributed by atoms with Crippen molar-refractivity contribution < 1.29 is 10.2 Å². The van der Waals surface area contributed by atoms with E-state index in [1.807, 2.05) is 36.4 Å². The highest BCUT2D eigenvalue weighted by Gasteiger charge is 2.30. The van der Waals surface area contributed by atoms with Crippen molar-refractivity contribution in [2.75, 3.05) is 23.8 Å². The van der Waals surface area contributed by atoms with Gasteiger partial charge in [0.1, 0.15) is 0 Å². The highest BCUT2D eigenvalue weighted by Crippen LogP contribution is 2.53. The molecule has 4 heteroatoms. The average molecular weight is 577 g/mol. The Morgan fingerprint density at radius 3 is 1.32 bits per heavy atom. The Morgan fingerprint density at radius 2 is 0.841 bits per heavy atom. The molecule has 4 nitrogen and oxygen atoms in total. The summed E-state index contributed by atoms with van der Waals surface area (Å²) in [6.45, 7) is -0.0711.